The maximum Gasteiger partial charge on any atom is 0.254 e. The lowest BCUT2D eigenvalue weighted by Crippen LogP contribution is -2.51. The van der Waals surface area contributed by atoms with E-state index in [1.165, 1.54) is 0 Å². The summed E-state index contributed by atoms with van der Waals surface area (Å²) in [5.74, 6) is 0.258. The molecule has 1 fully saturated rings. The predicted octanol–water partition coefficient (Wildman–Crippen LogP) is 2.17. The van der Waals surface area contributed by atoms with Gasteiger partial charge in [-0.25, -0.2) is 0 Å². The van der Waals surface area contributed by atoms with Crippen LogP contribution in [0.3, 0.4) is 0 Å². The summed E-state index contributed by atoms with van der Waals surface area (Å²) in [6, 6.07) is 6.89. The fourth-order valence-electron chi connectivity index (χ4n) is 2.52. The number of hydrogen-bond donors (Lipinski definition) is 1. The molecular formula is C15H19ClN2O2. The number of halogens is 1. The molecule has 1 saturated heterocycles. The van der Waals surface area contributed by atoms with E-state index in [2.05, 4.69) is 5.32 Å². The van der Waals surface area contributed by atoms with Gasteiger partial charge < -0.3 is 10.2 Å². The van der Waals surface area contributed by atoms with Crippen LogP contribution in [0.2, 0.25) is 0 Å². The zero-order valence-electron chi connectivity index (χ0n) is 11.6. The summed E-state index contributed by atoms with van der Waals surface area (Å²) in [7, 11) is 1.61. The van der Waals surface area contributed by atoms with Crippen molar-refractivity contribution in [2.24, 2.45) is 0 Å². The minimum atomic E-state index is -0.353. The van der Waals surface area contributed by atoms with Crippen LogP contribution < -0.4 is 5.32 Å². The molecule has 0 radical (unpaired) electrons. The van der Waals surface area contributed by atoms with Gasteiger partial charge in [-0.3, -0.25) is 9.59 Å². The Morgan fingerprint density at radius 1 is 1.30 bits per heavy atom. The largest absolute Gasteiger partial charge is 0.357 e. The lowest BCUT2D eigenvalue weighted by atomic mass is 10.00. The number of nitrogens with one attached hydrogen (secondary N) is 1. The van der Waals surface area contributed by atoms with Crippen LogP contribution in [-0.2, 0) is 10.7 Å². The van der Waals surface area contributed by atoms with Crippen molar-refractivity contribution in [3.8, 4) is 0 Å². The summed E-state index contributed by atoms with van der Waals surface area (Å²) in [5, 5.41) is 2.64. The zero-order valence-corrected chi connectivity index (χ0v) is 12.3. The highest BCUT2D eigenvalue weighted by atomic mass is 35.5. The normalized spacial score (nSPS) is 18.7. The number of nitrogens with zero attached hydrogens (tertiary/aromatic N) is 1. The summed E-state index contributed by atoms with van der Waals surface area (Å²) >= 11 is 5.74. The summed E-state index contributed by atoms with van der Waals surface area (Å²) < 4.78 is 0. The first kappa shape index (κ1) is 14.9. The Morgan fingerprint density at radius 3 is 2.60 bits per heavy atom. The molecule has 0 aromatic heterocycles. The maximum atomic E-state index is 12.5. The lowest BCUT2D eigenvalue weighted by molar-refractivity contribution is -0.126. The molecule has 0 bridgehead atoms. The number of alkyl halides is 1. The fourth-order valence-corrected chi connectivity index (χ4v) is 2.69. The highest BCUT2D eigenvalue weighted by molar-refractivity contribution is 6.17. The number of hydrogen-bond acceptors (Lipinski definition) is 2. The first-order chi connectivity index (χ1) is 9.67. The van der Waals surface area contributed by atoms with Gasteiger partial charge >= 0.3 is 0 Å². The predicted molar refractivity (Wildman–Crippen MR) is 78.7 cm³/mol. The van der Waals surface area contributed by atoms with Gasteiger partial charge in [0.1, 0.15) is 6.04 Å². The van der Waals surface area contributed by atoms with E-state index in [1.807, 2.05) is 12.1 Å². The molecule has 1 unspecified atom stereocenters. The minimum absolute atomic E-state index is 0.0839. The topological polar surface area (TPSA) is 49.4 Å². The summed E-state index contributed by atoms with van der Waals surface area (Å²) in [4.78, 5) is 26.1. The monoisotopic (exact) mass is 294 g/mol. The molecule has 1 heterocycles. The number of carbonyl (C=O) groups excluding carboxylic acids is 2. The molecule has 0 aliphatic carbocycles. The number of amides is 2. The Bertz CT molecular complexity index is 487. The maximum absolute atomic E-state index is 12.5. The average molecular weight is 295 g/mol. The molecule has 1 aromatic rings. The van der Waals surface area contributed by atoms with E-state index in [0.29, 0.717) is 18.0 Å². The molecule has 0 saturated carbocycles. The third-order valence-electron chi connectivity index (χ3n) is 3.67. The number of rotatable bonds is 3. The van der Waals surface area contributed by atoms with Gasteiger partial charge in [0.2, 0.25) is 5.91 Å². The molecule has 0 spiro atoms. The van der Waals surface area contributed by atoms with Crippen LogP contribution in [0.5, 0.6) is 0 Å². The molecular weight excluding hydrogens is 276 g/mol. The van der Waals surface area contributed by atoms with E-state index in [0.717, 1.165) is 24.8 Å². The minimum Gasteiger partial charge on any atom is -0.357 e. The summed E-state index contributed by atoms with van der Waals surface area (Å²) in [6.45, 7) is 0.633. The van der Waals surface area contributed by atoms with E-state index in [9.17, 15) is 9.59 Å². The first-order valence-corrected chi connectivity index (χ1v) is 7.38. The van der Waals surface area contributed by atoms with Gasteiger partial charge in [-0.15, -0.1) is 11.6 Å². The molecule has 1 aliphatic heterocycles. The van der Waals surface area contributed by atoms with E-state index in [4.69, 9.17) is 11.6 Å². The Morgan fingerprint density at radius 2 is 2.00 bits per heavy atom. The highest BCUT2D eigenvalue weighted by Crippen LogP contribution is 2.20. The second-order valence-corrected chi connectivity index (χ2v) is 5.22. The van der Waals surface area contributed by atoms with E-state index >= 15 is 0 Å². The summed E-state index contributed by atoms with van der Waals surface area (Å²) in [5.41, 5.74) is 1.58. The number of carbonyl (C=O) groups is 2. The Kier molecular flexibility index (Phi) is 5.01. The van der Waals surface area contributed by atoms with Crippen LogP contribution in [0.4, 0.5) is 0 Å². The van der Waals surface area contributed by atoms with Crippen molar-refractivity contribution in [3.63, 3.8) is 0 Å². The molecule has 1 aromatic carbocycles. The standard InChI is InChI=1S/C15H19ClN2O2/c1-17-14(19)13-4-2-3-9-18(13)15(20)12-7-5-11(10-16)6-8-12/h5-8,13H,2-4,9-10H2,1H3,(H,17,19). The van der Waals surface area contributed by atoms with Gasteiger partial charge in [0.15, 0.2) is 0 Å². The van der Waals surface area contributed by atoms with Crippen molar-refractivity contribution >= 4 is 23.4 Å². The molecule has 2 rings (SSSR count). The zero-order chi connectivity index (χ0) is 14.5. The van der Waals surface area contributed by atoms with Gasteiger partial charge in [-0.05, 0) is 37.0 Å². The van der Waals surface area contributed by atoms with Crippen molar-refractivity contribution in [3.05, 3.63) is 35.4 Å². The Labute approximate surface area is 124 Å². The smallest absolute Gasteiger partial charge is 0.254 e. The van der Waals surface area contributed by atoms with Crippen LogP contribution in [0.1, 0.15) is 35.2 Å². The molecule has 1 aliphatic rings. The summed E-state index contributed by atoms with van der Waals surface area (Å²) in [6.07, 6.45) is 2.65. The second kappa shape index (κ2) is 6.75. The molecule has 2 amide bonds. The van der Waals surface area contributed by atoms with Crippen molar-refractivity contribution in [1.82, 2.24) is 10.2 Å². The SMILES string of the molecule is CNC(=O)C1CCCCN1C(=O)c1ccc(CCl)cc1. The van der Waals surface area contributed by atoms with Crippen LogP contribution in [0, 0.1) is 0 Å². The number of likely N-dealkylation sites (tertiary alicyclic amines) is 1. The van der Waals surface area contributed by atoms with Gasteiger partial charge in [-0.2, -0.15) is 0 Å². The third kappa shape index (κ3) is 3.12. The second-order valence-electron chi connectivity index (χ2n) is 4.95. The number of piperidine rings is 1. The van der Waals surface area contributed by atoms with Gasteiger partial charge in [0, 0.05) is 25.0 Å². The molecule has 20 heavy (non-hydrogen) atoms. The van der Waals surface area contributed by atoms with Gasteiger partial charge in [-0.1, -0.05) is 12.1 Å². The van der Waals surface area contributed by atoms with Crippen LogP contribution >= 0.6 is 11.6 Å². The molecule has 1 atom stereocenters. The molecule has 5 heteroatoms. The van der Waals surface area contributed by atoms with E-state index in [1.54, 1.807) is 24.1 Å². The lowest BCUT2D eigenvalue weighted by Gasteiger charge is -2.34. The van der Waals surface area contributed by atoms with Crippen LogP contribution in [0.15, 0.2) is 24.3 Å². The Hall–Kier alpha value is -1.55. The number of likely N-dealkylation sites (N-methyl/N-ethyl adjacent to an activating group) is 1. The van der Waals surface area contributed by atoms with E-state index in [-0.39, 0.29) is 17.9 Å². The van der Waals surface area contributed by atoms with E-state index < -0.39 is 0 Å². The quantitative estimate of drug-likeness (QED) is 0.869. The molecule has 1 N–H and O–H groups in total. The Balaban J connectivity index is 2.18. The van der Waals surface area contributed by atoms with Crippen molar-refractivity contribution in [2.75, 3.05) is 13.6 Å². The van der Waals surface area contributed by atoms with Crippen molar-refractivity contribution in [2.45, 2.75) is 31.2 Å². The van der Waals surface area contributed by atoms with Crippen LogP contribution in [0.25, 0.3) is 0 Å². The average Bonchev–Trinajstić information content (AvgIpc) is 2.53. The molecule has 108 valence electrons. The highest BCUT2D eigenvalue weighted by Gasteiger charge is 2.31. The van der Waals surface area contributed by atoms with Gasteiger partial charge in [0.25, 0.3) is 5.91 Å². The third-order valence-corrected chi connectivity index (χ3v) is 3.98. The number of benzene rings is 1. The van der Waals surface area contributed by atoms with Gasteiger partial charge in [0.05, 0.1) is 0 Å². The van der Waals surface area contributed by atoms with Crippen molar-refractivity contribution in [1.29, 1.82) is 0 Å². The first-order valence-electron chi connectivity index (χ1n) is 6.85. The molecule has 4 nitrogen and oxygen atoms in total. The fraction of sp³-hybridized carbons (Fsp3) is 0.467. The van der Waals surface area contributed by atoms with Crippen molar-refractivity contribution < 1.29 is 9.59 Å². The van der Waals surface area contributed by atoms with Crippen LogP contribution in [-0.4, -0.2) is 36.3 Å².